The quantitative estimate of drug-likeness (QED) is 0.0473. The first-order valence-corrected chi connectivity index (χ1v) is 28.2. The van der Waals surface area contributed by atoms with Crippen molar-refractivity contribution in [2.45, 2.75) is 335 Å². The van der Waals surface area contributed by atoms with E-state index in [9.17, 15) is 14.7 Å². The monoisotopic (exact) mass is 858 g/mol. The van der Waals surface area contributed by atoms with Crippen molar-refractivity contribution in [3.8, 4) is 0 Å². The zero-order chi connectivity index (χ0) is 44.2. The Labute approximate surface area is 383 Å². The number of amides is 1. The van der Waals surface area contributed by atoms with Gasteiger partial charge >= 0.3 is 0 Å². The Morgan fingerprint density at radius 2 is 0.623 bits per heavy atom. The minimum absolute atomic E-state index is 0.102. The molecule has 0 aromatic heterocycles. The van der Waals surface area contributed by atoms with Crippen LogP contribution in [0.25, 0.3) is 0 Å². The minimum atomic E-state index is -0.401. The lowest BCUT2D eigenvalue weighted by Crippen LogP contribution is -2.31. The molecule has 4 heteroatoms. The van der Waals surface area contributed by atoms with Crippen LogP contribution in [0.1, 0.15) is 328 Å². The Hall–Kier alpha value is -1.16. The molecule has 0 rings (SSSR count). The lowest BCUT2D eigenvalue weighted by Gasteiger charge is -2.12. The Bertz CT molecular complexity index is 886. The number of aliphatic hydroxyl groups excluding tert-OH is 1. The number of hydrogen-bond donors (Lipinski definition) is 2. The molecule has 0 aliphatic heterocycles. The van der Waals surface area contributed by atoms with Gasteiger partial charge in [0.15, 0.2) is 0 Å². The maximum Gasteiger partial charge on any atom is 0.220 e. The summed E-state index contributed by atoms with van der Waals surface area (Å²) in [6.45, 7) is 4.99. The van der Waals surface area contributed by atoms with Crippen LogP contribution in [0.4, 0.5) is 0 Å². The summed E-state index contributed by atoms with van der Waals surface area (Å²) < 4.78 is 0. The van der Waals surface area contributed by atoms with E-state index in [2.05, 4.69) is 31.3 Å². The third kappa shape index (κ3) is 53.1. The number of ketones is 1. The smallest absolute Gasteiger partial charge is 0.220 e. The van der Waals surface area contributed by atoms with Crippen LogP contribution < -0.4 is 5.32 Å². The number of allylic oxidation sites excluding steroid dienone is 2. The number of rotatable bonds is 53. The van der Waals surface area contributed by atoms with Crippen molar-refractivity contribution in [1.82, 2.24) is 5.32 Å². The van der Waals surface area contributed by atoms with Gasteiger partial charge in [-0.3, -0.25) is 9.59 Å². The van der Waals surface area contributed by atoms with Crippen LogP contribution in [0.5, 0.6) is 0 Å². The van der Waals surface area contributed by atoms with Crippen molar-refractivity contribution >= 4 is 11.7 Å². The molecule has 0 aliphatic rings. The van der Waals surface area contributed by atoms with Gasteiger partial charge in [0.25, 0.3) is 0 Å². The summed E-state index contributed by atoms with van der Waals surface area (Å²) in [4.78, 5) is 24.5. The molecule has 0 radical (unpaired) electrons. The Morgan fingerprint density at radius 1 is 0.361 bits per heavy atom. The lowest BCUT2D eigenvalue weighted by atomic mass is 10.0. The number of carbonyl (C=O) groups excluding carboxylic acids is 2. The van der Waals surface area contributed by atoms with Crippen LogP contribution >= 0.6 is 0 Å². The van der Waals surface area contributed by atoms with E-state index in [4.69, 9.17) is 0 Å². The van der Waals surface area contributed by atoms with Crippen molar-refractivity contribution in [2.75, 3.05) is 6.54 Å². The van der Waals surface area contributed by atoms with Crippen LogP contribution in [-0.2, 0) is 9.59 Å². The second-order valence-electron chi connectivity index (χ2n) is 19.6. The van der Waals surface area contributed by atoms with Gasteiger partial charge in [0.05, 0.1) is 6.10 Å². The predicted molar refractivity (Wildman–Crippen MR) is 271 cm³/mol. The van der Waals surface area contributed by atoms with Gasteiger partial charge in [-0.25, -0.2) is 0 Å². The van der Waals surface area contributed by atoms with Crippen molar-refractivity contribution < 1.29 is 14.7 Å². The summed E-state index contributed by atoms with van der Waals surface area (Å²) in [5.41, 5.74) is 0. The minimum Gasteiger partial charge on any atom is -0.391 e. The third-order valence-corrected chi connectivity index (χ3v) is 13.3. The number of hydrogen-bond acceptors (Lipinski definition) is 3. The van der Waals surface area contributed by atoms with Gasteiger partial charge in [-0.1, -0.05) is 270 Å². The highest BCUT2D eigenvalue weighted by molar-refractivity contribution is 5.78. The molecule has 0 saturated carbocycles. The summed E-state index contributed by atoms with van der Waals surface area (Å²) in [7, 11) is 0. The molecule has 0 aromatic carbocycles. The second kappa shape index (κ2) is 53.2. The van der Waals surface area contributed by atoms with E-state index in [0.717, 1.165) is 51.4 Å². The number of Topliss-reactive ketones (excluding diaryl/α,β-unsaturated/α-hetero) is 1. The van der Waals surface area contributed by atoms with E-state index in [-0.39, 0.29) is 5.91 Å². The van der Waals surface area contributed by atoms with Crippen LogP contribution in [0.2, 0.25) is 0 Å². The first-order chi connectivity index (χ1) is 30.1. The summed E-state index contributed by atoms with van der Waals surface area (Å²) in [6.07, 6.45) is 66.8. The number of unbranched alkanes of at least 4 members (excludes halogenated alkanes) is 41. The largest absolute Gasteiger partial charge is 0.391 e. The van der Waals surface area contributed by atoms with Gasteiger partial charge in [-0.2, -0.15) is 0 Å². The van der Waals surface area contributed by atoms with E-state index in [1.165, 1.54) is 257 Å². The van der Waals surface area contributed by atoms with Gasteiger partial charge < -0.3 is 10.4 Å². The molecular formula is C57H111NO3. The molecule has 0 fully saturated rings. The van der Waals surface area contributed by atoms with Gasteiger partial charge in [-0.05, 0) is 51.4 Å². The fourth-order valence-corrected chi connectivity index (χ4v) is 8.95. The molecule has 0 aromatic rings. The number of carbonyl (C=O) groups is 2. The third-order valence-electron chi connectivity index (χ3n) is 13.3. The van der Waals surface area contributed by atoms with Crippen molar-refractivity contribution in [3.63, 3.8) is 0 Å². The molecule has 0 spiro atoms. The number of aliphatic hydroxyl groups is 1. The predicted octanol–water partition coefficient (Wildman–Crippen LogP) is 18.7. The zero-order valence-corrected chi connectivity index (χ0v) is 41.9. The SMILES string of the molecule is CCCCCCCCC=CCCCCCCCCCCCC(=O)CCCCCCCCCCCCCCC(=O)NC[C@@H](O)CCCCCCCCCCCCCCCCCC. The van der Waals surface area contributed by atoms with Gasteiger partial charge in [0, 0.05) is 25.8 Å². The summed E-state index contributed by atoms with van der Waals surface area (Å²) >= 11 is 0. The normalized spacial score (nSPS) is 12.2. The molecule has 0 aliphatic carbocycles. The standard InChI is InChI=1S/C57H111NO3/c1-3-5-7-9-11-13-15-17-19-21-22-23-25-26-30-34-38-42-46-50-55(59)51-47-43-39-35-31-28-29-33-37-41-45-49-53-57(61)58-54-56(60)52-48-44-40-36-32-27-24-20-18-16-14-12-10-8-6-4-2/h17,19,56,60H,3-16,18,20-54H2,1-2H3,(H,58,61)/t56-/m0/s1. The van der Waals surface area contributed by atoms with E-state index in [0.29, 0.717) is 18.7 Å². The highest BCUT2D eigenvalue weighted by Gasteiger charge is 2.08. The Kier molecular flexibility index (Phi) is 52.2. The van der Waals surface area contributed by atoms with E-state index in [1.807, 2.05) is 0 Å². The molecule has 61 heavy (non-hydrogen) atoms. The molecule has 1 amide bonds. The van der Waals surface area contributed by atoms with Crippen molar-refractivity contribution in [1.29, 1.82) is 0 Å². The molecule has 0 unspecified atom stereocenters. The summed E-state index contributed by atoms with van der Waals surface area (Å²) in [5.74, 6) is 0.598. The Balaban J connectivity index is 3.30. The first-order valence-electron chi connectivity index (χ1n) is 28.2. The van der Waals surface area contributed by atoms with E-state index >= 15 is 0 Å². The molecular weight excluding hydrogens is 747 g/mol. The molecule has 1 atom stereocenters. The van der Waals surface area contributed by atoms with Crippen LogP contribution in [-0.4, -0.2) is 29.4 Å². The maximum atomic E-state index is 12.3. The highest BCUT2D eigenvalue weighted by atomic mass is 16.3. The molecule has 2 N–H and O–H groups in total. The molecule has 4 nitrogen and oxygen atoms in total. The second-order valence-corrected chi connectivity index (χ2v) is 19.6. The molecule has 362 valence electrons. The van der Waals surface area contributed by atoms with Crippen molar-refractivity contribution in [3.05, 3.63) is 12.2 Å². The average Bonchev–Trinajstić information content (AvgIpc) is 3.26. The van der Waals surface area contributed by atoms with Crippen molar-refractivity contribution in [2.24, 2.45) is 0 Å². The lowest BCUT2D eigenvalue weighted by molar-refractivity contribution is -0.121. The fraction of sp³-hybridized carbons (Fsp3) is 0.930. The zero-order valence-electron chi connectivity index (χ0n) is 41.9. The topological polar surface area (TPSA) is 66.4 Å². The van der Waals surface area contributed by atoms with Gasteiger partial charge in [-0.15, -0.1) is 0 Å². The summed E-state index contributed by atoms with van der Waals surface area (Å²) in [5, 5.41) is 13.2. The molecule has 0 heterocycles. The van der Waals surface area contributed by atoms with Crippen LogP contribution in [0.15, 0.2) is 12.2 Å². The number of nitrogens with one attached hydrogen (secondary N) is 1. The van der Waals surface area contributed by atoms with E-state index in [1.54, 1.807) is 0 Å². The van der Waals surface area contributed by atoms with E-state index < -0.39 is 6.10 Å². The maximum absolute atomic E-state index is 12.3. The van der Waals surface area contributed by atoms with Gasteiger partial charge in [0.1, 0.15) is 5.78 Å². The van der Waals surface area contributed by atoms with Gasteiger partial charge in [0.2, 0.25) is 5.91 Å². The average molecular weight is 859 g/mol. The molecule has 0 saturated heterocycles. The summed E-state index contributed by atoms with van der Waals surface area (Å²) in [6, 6.07) is 0. The Morgan fingerprint density at radius 3 is 0.951 bits per heavy atom. The highest BCUT2D eigenvalue weighted by Crippen LogP contribution is 2.17. The fourth-order valence-electron chi connectivity index (χ4n) is 8.95. The van der Waals surface area contributed by atoms with Crippen LogP contribution in [0, 0.1) is 0 Å². The molecule has 0 bridgehead atoms. The van der Waals surface area contributed by atoms with Crippen LogP contribution in [0.3, 0.4) is 0 Å². The first kappa shape index (κ1) is 59.8.